The van der Waals surface area contributed by atoms with Crippen molar-refractivity contribution < 1.29 is 23.1 Å². The van der Waals surface area contributed by atoms with E-state index in [1.54, 1.807) is 0 Å². The molecule has 0 aliphatic heterocycles. The van der Waals surface area contributed by atoms with Crippen LogP contribution in [0.25, 0.3) is 6.08 Å². The number of nitrogens with one attached hydrogen (secondary N) is 1. The molecule has 3 rings (SSSR count). The third-order valence-electron chi connectivity index (χ3n) is 7.18. The predicted octanol–water partition coefficient (Wildman–Crippen LogP) is 2.58. The molecule has 3 unspecified atom stereocenters. The number of carboxylic acid groups (broad SMARTS) is 1. The van der Waals surface area contributed by atoms with Crippen LogP contribution >= 0.6 is 0 Å². The lowest BCUT2D eigenvalue weighted by Crippen LogP contribution is -2.45. The van der Waals surface area contributed by atoms with Crippen LogP contribution in [0.4, 0.5) is 0 Å². The summed E-state index contributed by atoms with van der Waals surface area (Å²) in [6.45, 7) is 4.23. The number of hydrogen-bond donors (Lipinski definition) is 3. The van der Waals surface area contributed by atoms with Crippen LogP contribution < -0.4 is 10.5 Å². The van der Waals surface area contributed by atoms with Gasteiger partial charge < -0.3 is 10.8 Å². The maximum Gasteiger partial charge on any atom is 0.320 e. The Hall–Kier alpha value is -2.03. The van der Waals surface area contributed by atoms with Crippen molar-refractivity contribution in [1.82, 2.24) is 4.72 Å². The van der Waals surface area contributed by atoms with Crippen LogP contribution in [0.3, 0.4) is 0 Å². The Morgan fingerprint density at radius 2 is 1.97 bits per heavy atom. The van der Waals surface area contributed by atoms with Crippen LogP contribution in [-0.4, -0.2) is 43.6 Å². The van der Waals surface area contributed by atoms with Gasteiger partial charge in [-0.3, -0.25) is 9.59 Å². The number of fused-ring (bicyclic) bond motifs is 2. The number of carbonyl (C=O) groups excluding carboxylic acids is 1. The predicted molar refractivity (Wildman–Crippen MR) is 120 cm³/mol. The van der Waals surface area contributed by atoms with E-state index in [-0.39, 0.29) is 24.0 Å². The number of unbranched alkanes of at least 4 members (excludes halogenated alkanes) is 1. The fourth-order valence-corrected chi connectivity index (χ4v) is 7.08. The molecule has 2 fully saturated rings. The van der Waals surface area contributed by atoms with Crippen molar-refractivity contribution >= 4 is 27.9 Å². The van der Waals surface area contributed by atoms with Crippen molar-refractivity contribution in [1.29, 1.82) is 0 Å². The number of rotatable bonds is 10. The molecule has 1 aromatic carbocycles. The number of ketones is 1. The van der Waals surface area contributed by atoms with Crippen molar-refractivity contribution in [2.75, 3.05) is 12.3 Å². The van der Waals surface area contributed by atoms with Gasteiger partial charge in [-0.2, -0.15) is 0 Å². The molecule has 8 heteroatoms. The van der Waals surface area contributed by atoms with E-state index in [0.717, 1.165) is 17.6 Å². The van der Waals surface area contributed by atoms with E-state index in [4.69, 9.17) is 10.8 Å². The maximum absolute atomic E-state index is 13.5. The Balaban J connectivity index is 1.69. The van der Waals surface area contributed by atoms with Gasteiger partial charge in [0.15, 0.2) is 5.78 Å². The zero-order valence-electron chi connectivity index (χ0n) is 18.1. The van der Waals surface area contributed by atoms with E-state index in [9.17, 15) is 18.0 Å². The Labute approximate surface area is 184 Å². The summed E-state index contributed by atoms with van der Waals surface area (Å²) in [5, 5.41) is 8.80. The molecule has 0 heterocycles. The van der Waals surface area contributed by atoms with Gasteiger partial charge in [0.2, 0.25) is 10.0 Å². The Kier molecular flexibility index (Phi) is 6.74. The quantitative estimate of drug-likeness (QED) is 0.373. The first-order chi connectivity index (χ1) is 14.5. The van der Waals surface area contributed by atoms with E-state index in [2.05, 4.69) is 4.72 Å². The number of allylic oxidation sites excluding steroid dienone is 1. The molecule has 0 spiro atoms. The molecule has 7 nitrogen and oxygen atoms in total. The zero-order chi connectivity index (χ0) is 22.9. The summed E-state index contributed by atoms with van der Waals surface area (Å²) in [5.74, 6) is -1.27. The minimum Gasteiger partial charge on any atom is -0.480 e. The summed E-state index contributed by atoms with van der Waals surface area (Å²) in [4.78, 5) is 24.2. The topological polar surface area (TPSA) is 127 Å². The second kappa shape index (κ2) is 8.84. The fraction of sp³-hybridized carbons (Fsp3) is 0.565. The molecular weight excluding hydrogens is 416 g/mol. The van der Waals surface area contributed by atoms with Gasteiger partial charge in [-0.15, -0.1) is 0 Å². The van der Waals surface area contributed by atoms with E-state index in [1.165, 1.54) is 0 Å². The standard InChI is InChI=1S/C23H32N2O5S/c1-22(2)18-11-12-23(22,20(26)17(18)14-16-8-4-3-5-9-16)15-31(29,30)25-13-7-6-10-19(24)21(27)28/h3-5,8-9,14,18-19,25H,6-7,10-13,15,24H2,1-2H3,(H,27,28). The molecular formula is C23H32N2O5S. The summed E-state index contributed by atoms with van der Waals surface area (Å²) < 4.78 is 28.3. The summed E-state index contributed by atoms with van der Waals surface area (Å²) in [6, 6.07) is 8.72. The van der Waals surface area contributed by atoms with E-state index in [1.807, 2.05) is 50.3 Å². The molecule has 2 bridgehead atoms. The fourth-order valence-electron chi connectivity index (χ4n) is 5.23. The SMILES string of the molecule is CC1(C)C2CCC1(CS(=O)(=O)NCCCCC(N)C(=O)O)C(=O)C2=Cc1ccccc1. The van der Waals surface area contributed by atoms with Crippen molar-refractivity contribution in [3.05, 3.63) is 41.5 Å². The van der Waals surface area contributed by atoms with Crippen molar-refractivity contribution in [3.63, 3.8) is 0 Å². The number of carboxylic acids is 1. The number of Topliss-reactive ketones (excluding diaryl/α,β-unsaturated/α-hetero) is 1. The highest BCUT2D eigenvalue weighted by atomic mass is 32.2. The molecule has 0 saturated heterocycles. The zero-order valence-corrected chi connectivity index (χ0v) is 19.0. The van der Waals surface area contributed by atoms with E-state index >= 15 is 0 Å². The molecule has 31 heavy (non-hydrogen) atoms. The first kappa shape index (κ1) is 23.6. The summed E-state index contributed by atoms with van der Waals surface area (Å²) >= 11 is 0. The average Bonchev–Trinajstić information content (AvgIpc) is 3.02. The average molecular weight is 449 g/mol. The van der Waals surface area contributed by atoms with Gasteiger partial charge in [-0.25, -0.2) is 13.1 Å². The Bertz CT molecular complexity index is 971. The van der Waals surface area contributed by atoms with Gasteiger partial charge in [-0.05, 0) is 48.7 Å². The Morgan fingerprint density at radius 3 is 2.61 bits per heavy atom. The second-order valence-electron chi connectivity index (χ2n) is 9.33. The lowest BCUT2D eigenvalue weighted by Gasteiger charge is -2.35. The van der Waals surface area contributed by atoms with Gasteiger partial charge in [0.25, 0.3) is 0 Å². The second-order valence-corrected chi connectivity index (χ2v) is 11.1. The van der Waals surface area contributed by atoms with Crippen LogP contribution in [0.5, 0.6) is 0 Å². The van der Waals surface area contributed by atoms with Crippen LogP contribution in [0.1, 0.15) is 51.5 Å². The number of carbonyl (C=O) groups is 2. The normalized spacial score (nSPS) is 27.0. The highest BCUT2D eigenvalue weighted by Gasteiger charge is 2.67. The van der Waals surface area contributed by atoms with Crippen LogP contribution in [0.2, 0.25) is 0 Å². The maximum atomic E-state index is 13.5. The van der Waals surface area contributed by atoms with Gasteiger partial charge in [0.05, 0.1) is 11.2 Å². The molecule has 2 aliphatic rings. The highest BCUT2D eigenvalue weighted by molar-refractivity contribution is 7.89. The molecule has 0 radical (unpaired) electrons. The van der Waals surface area contributed by atoms with Gasteiger partial charge in [0, 0.05) is 12.1 Å². The molecule has 3 atom stereocenters. The number of aliphatic carboxylic acids is 1. The molecule has 2 aliphatic carbocycles. The van der Waals surface area contributed by atoms with E-state index in [0.29, 0.717) is 25.7 Å². The van der Waals surface area contributed by atoms with Crippen molar-refractivity contribution in [3.8, 4) is 0 Å². The summed E-state index contributed by atoms with van der Waals surface area (Å²) in [6.07, 6.45) is 4.59. The lowest BCUT2D eigenvalue weighted by molar-refractivity contribution is -0.138. The Morgan fingerprint density at radius 1 is 1.29 bits per heavy atom. The number of nitrogens with two attached hydrogens (primary N) is 1. The first-order valence-corrected chi connectivity index (χ1v) is 12.4. The van der Waals surface area contributed by atoms with Gasteiger partial charge in [-0.1, -0.05) is 50.6 Å². The van der Waals surface area contributed by atoms with Crippen molar-refractivity contribution in [2.45, 2.75) is 52.0 Å². The van der Waals surface area contributed by atoms with Crippen LogP contribution in [0, 0.1) is 16.7 Å². The van der Waals surface area contributed by atoms with Crippen molar-refractivity contribution in [2.24, 2.45) is 22.5 Å². The third-order valence-corrected chi connectivity index (χ3v) is 8.69. The minimum absolute atomic E-state index is 0.0459. The summed E-state index contributed by atoms with van der Waals surface area (Å²) in [5.41, 5.74) is 5.79. The van der Waals surface area contributed by atoms with Gasteiger partial charge >= 0.3 is 5.97 Å². The number of sulfonamides is 1. The highest BCUT2D eigenvalue weighted by Crippen LogP contribution is 2.66. The third kappa shape index (κ3) is 4.61. The molecule has 0 aromatic heterocycles. The number of hydrogen-bond acceptors (Lipinski definition) is 5. The lowest BCUT2D eigenvalue weighted by atomic mass is 9.70. The van der Waals surface area contributed by atoms with E-state index < -0.39 is 32.9 Å². The van der Waals surface area contributed by atoms with Crippen LogP contribution in [-0.2, 0) is 19.6 Å². The largest absolute Gasteiger partial charge is 0.480 e. The summed E-state index contributed by atoms with van der Waals surface area (Å²) in [7, 11) is -3.67. The smallest absolute Gasteiger partial charge is 0.320 e. The minimum atomic E-state index is -3.67. The molecule has 2 saturated carbocycles. The number of benzene rings is 1. The molecule has 4 N–H and O–H groups in total. The van der Waals surface area contributed by atoms with Gasteiger partial charge in [0.1, 0.15) is 6.04 Å². The molecule has 0 amide bonds. The monoisotopic (exact) mass is 448 g/mol. The molecule has 1 aromatic rings. The first-order valence-electron chi connectivity index (χ1n) is 10.8. The van der Waals surface area contributed by atoms with Crippen LogP contribution in [0.15, 0.2) is 35.9 Å². The molecule has 170 valence electrons.